The summed E-state index contributed by atoms with van der Waals surface area (Å²) in [6, 6.07) is 10.6. The molecule has 1 aliphatic heterocycles. The zero-order chi connectivity index (χ0) is 20.8. The molecule has 2 N–H and O–H groups in total. The van der Waals surface area contributed by atoms with Crippen LogP contribution in [0.5, 0.6) is 0 Å². The molecule has 0 radical (unpaired) electrons. The van der Waals surface area contributed by atoms with Crippen molar-refractivity contribution < 1.29 is 0 Å². The highest BCUT2D eigenvalue weighted by atomic mass is 35.5. The molecule has 29 heavy (non-hydrogen) atoms. The van der Waals surface area contributed by atoms with Gasteiger partial charge in [-0.15, -0.1) is 0 Å². The fourth-order valence-electron chi connectivity index (χ4n) is 3.79. The Kier molecular flexibility index (Phi) is 7.57. The van der Waals surface area contributed by atoms with Crippen LogP contribution < -0.4 is 10.6 Å². The number of hydrogen-bond acceptors (Lipinski definition) is 4. The van der Waals surface area contributed by atoms with Crippen LogP contribution in [0.2, 0.25) is 5.02 Å². The monoisotopic (exact) mass is 412 g/mol. The number of pyridine rings is 1. The summed E-state index contributed by atoms with van der Waals surface area (Å²) in [4.78, 5) is 7.03. The molecule has 0 amide bonds. The van der Waals surface area contributed by atoms with Crippen molar-refractivity contribution in [2.24, 2.45) is 5.92 Å². The Hall–Kier alpha value is -2.04. The van der Waals surface area contributed by atoms with Crippen LogP contribution in [0.15, 0.2) is 43.1 Å². The second-order valence-corrected chi connectivity index (χ2v) is 8.57. The van der Waals surface area contributed by atoms with Gasteiger partial charge in [0.2, 0.25) is 0 Å². The van der Waals surface area contributed by atoms with Crippen molar-refractivity contribution in [2.75, 3.05) is 30.3 Å². The van der Waals surface area contributed by atoms with Crippen molar-refractivity contribution in [3.8, 4) is 0 Å². The topological polar surface area (TPSA) is 40.2 Å². The maximum Gasteiger partial charge on any atom is 0.130 e. The number of piperidine rings is 1. The highest BCUT2D eigenvalue weighted by molar-refractivity contribution is 6.30. The summed E-state index contributed by atoms with van der Waals surface area (Å²) in [5, 5.41) is 7.65. The third-order valence-electron chi connectivity index (χ3n) is 5.94. The number of rotatable bonds is 8. The maximum absolute atomic E-state index is 6.28. The first-order valence-corrected chi connectivity index (χ1v) is 11.0. The predicted octanol–water partition coefficient (Wildman–Crippen LogP) is 6.05. The first-order valence-electron chi connectivity index (χ1n) is 10.6. The number of hydrogen-bond donors (Lipinski definition) is 2. The molecule has 1 aromatic carbocycles. The van der Waals surface area contributed by atoms with Crippen LogP contribution in [0.25, 0.3) is 5.70 Å². The largest absolute Gasteiger partial charge is 0.384 e. The number of nitrogens with zero attached hydrogens (tertiary/aromatic N) is 2. The quantitative estimate of drug-likeness (QED) is 0.553. The summed E-state index contributed by atoms with van der Waals surface area (Å²) in [6.45, 7) is 14.2. The van der Waals surface area contributed by atoms with Gasteiger partial charge in [0, 0.05) is 40.8 Å². The Balaban J connectivity index is 1.61. The molecule has 1 aliphatic rings. The van der Waals surface area contributed by atoms with E-state index in [1.54, 1.807) is 0 Å². The van der Waals surface area contributed by atoms with Crippen LogP contribution in [-0.4, -0.2) is 35.6 Å². The molecule has 1 saturated heterocycles. The Morgan fingerprint density at radius 2 is 2.03 bits per heavy atom. The molecule has 0 aliphatic carbocycles. The maximum atomic E-state index is 6.28. The van der Waals surface area contributed by atoms with E-state index < -0.39 is 0 Å². The Bertz CT molecular complexity index is 810. The number of benzene rings is 1. The van der Waals surface area contributed by atoms with E-state index in [4.69, 9.17) is 11.6 Å². The first kappa shape index (κ1) is 21.7. The van der Waals surface area contributed by atoms with Crippen molar-refractivity contribution in [2.45, 2.75) is 46.1 Å². The molecule has 1 atom stereocenters. The van der Waals surface area contributed by atoms with Gasteiger partial charge in [-0.2, -0.15) is 0 Å². The Morgan fingerprint density at radius 3 is 2.69 bits per heavy atom. The second-order valence-electron chi connectivity index (χ2n) is 8.13. The van der Waals surface area contributed by atoms with E-state index in [-0.39, 0.29) is 0 Å². The van der Waals surface area contributed by atoms with Gasteiger partial charge in [0.25, 0.3) is 0 Å². The summed E-state index contributed by atoms with van der Waals surface area (Å²) >= 11 is 6.28. The average Bonchev–Trinajstić information content (AvgIpc) is 2.74. The van der Waals surface area contributed by atoms with Gasteiger partial charge in [0.1, 0.15) is 5.82 Å². The van der Waals surface area contributed by atoms with Crippen LogP contribution >= 0.6 is 11.6 Å². The lowest BCUT2D eigenvalue weighted by molar-refractivity contribution is 0.142. The van der Waals surface area contributed by atoms with Gasteiger partial charge in [-0.3, -0.25) is 0 Å². The van der Waals surface area contributed by atoms with Crippen molar-refractivity contribution in [1.82, 2.24) is 9.88 Å². The van der Waals surface area contributed by atoms with E-state index in [1.807, 2.05) is 43.5 Å². The number of likely N-dealkylation sites (tertiary alicyclic amines) is 1. The van der Waals surface area contributed by atoms with Crippen molar-refractivity contribution in [3.63, 3.8) is 0 Å². The van der Waals surface area contributed by atoms with Crippen molar-refractivity contribution in [1.29, 1.82) is 0 Å². The summed E-state index contributed by atoms with van der Waals surface area (Å²) in [5.74, 6) is 1.47. The zero-order valence-corrected chi connectivity index (χ0v) is 18.6. The normalized spacial score (nSPS) is 16.4. The zero-order valence-electron chi connectivity index (χ0n) is 17.8. The molecule has 0 spiro atoms. The number of aromatic nitrogens is 1. The molecule has 1 aromatic heterocycles. The molecule has 0 saturated carbocycles. The Labute approximate surface area is 180 Å². The number of anilines is 2. The minimum Gasteiger partial charge on any atom is -0.384 e. The van der Waals surface area contributed by atoms with Gasteiger partial charge in [-0.05, 0) is 81.9 Å². The average molecular weight is 413 g/mol. The Morgan fingerprint density at radius 1 is 1.28 bits per heavy atom. The van der Waals surface area contributed by atoms with E-state index in [9.17, 15) is 0 Å². The highest BCUT2D eigenvalue weighted by Crippen LogP contribution is 2.28. The van der Waals surface area contributed by atoms with Gasteiger partial charge < -0.3 is 15.5 Å². The number of aryl methyl sites for hydroxylation is 1. The van der Waals surface area contributed by atoms with Gasteiger partial charge in [-0.25, -0.2) is 4.98 Å². The van der Waals surface area contributed by atoms with E-state index >= 15 is 0 Å². The van der Waals surface area contributed by atoms with Crippen LogP contribution in [0.4, 0.5) is 11.5 Å². The van der Waals surface area contributed by atoms with E-state index in [0.717, 1.165) is 34.9 Å². The minimum atomic E-state index is 0.691. The highest BCUT2D eigenvalue weighted by Gasteiger charge is 2.22. The molecule has 1 fully saturated rings. The molecule has 4 nitrogen and oxygen atoms in total. The minimum absolute atomic E-state index is 0.691. The lowest BCUT2D eigenvalue weighted by Crippen LogP contribution is -2.40. The summed E-state index contributed by atoms with van der Waals surface area (Å²) in [7, 11) is 0. The predicted molar refractivity (Wildman–Crippen MR) is 126 cm³/mol. The molecule has 3 rings (SSSR count). The number of halogens is 1. The molecule has 1 unspecified atom stereocenters. The fourth-order valence-corrected chi connectivity index (χ4v) is 3.97. The van der Waals surface area contributed by atoms with Crippen molar-refractivity contribution >= 4 is 28.8 Å². The smallest absolute Gasteiger partial charge is 0.130 e. The summed E-state index contributed by atoms with van der Waals surface area (Å²) < 4.78 is 0. The van der Waals surface area contributed by atoms with E-state index in [1.165, 1.54) is 32.4 Å². The third kappa shape index (κ3) is 5.97. The molecular formula is C24H33ClN4. The molecule has 0 bridgehead atoms. The number of nitrogens with one attached hydrogen (secondary N) is 2. The van der Waals surface area contributed by atoms with Gasteiger partial charge >= 0.3 is 0 Å². The lowest BCUT2D eigenvalue weighted by Gasteiger charge is -2.36. The first-order chi connectivity index (χ1) is 14.0. The standard InChI is InChI=1S/C24H33ClN4/c1-5-18(3)29-12-10-20(11-13-29)16-26-23-8-7-21(25)14-22(23)19(4)28-24-9-6-17(2)15-27-24/h6-9,14-15,18,20,26H,4-5,10-13,16H2,1-3H3,(H,27,28). The lowest BCUT2D eigenvalue weighted by atomic mass is 9.95. The molecule has 5 heteroatoms. The second kappa shape index (κ2) is 10.1. The third-order valence-corrected chi connectivity index (χ3v) is 6.18. The van der Waals surface area contributed by atoms with Gasteiger partial charge in [-0.1, -0.05) is 31.2 Å². The van der Waals surface area contributed by atoms with Crippen LogP contribution in [-0.2, 0) is 0 Å². The van der Waals surface area contributed by atoms with Crippen LogP contribution in [0.1, 0.15) is 44.2 Å². The molecule has 2 heterocycles. The van der Waals surface area contributed by atoms with Crippen LogP contribution in [0.3, 0.4) is 0 Å². The van der Waals surface area contributed by atoms with Crippen LogP contribution in [0, 0.1) is 12.8 Å². The van der Waals surface area contributed by atoms with Crippen molar-refractivity contribution in [3.05, 3.63) is 59.3 Å². The van der Waals surface area contributed by atoms with Gasteiger partial charge in [0.15, 0.2) is 0 Å². The van der Waals surface area contributed by atoms with E-state index in [2.05, 4.69) is 40.9 Å². The van der Waals surface area contributed by atoms with E-state index in [0.29, 0.717) is 17.0 Å². The molecule has 2 aromatic rings. The van der Waals surface area contributed by atoms with Gasteiger partial charge in [0.05, 0.1) is 0 Å². The fraction of sp³-hybridized carbons (Fsp3) is 0.458. The molecular weight excluding hydrogens is 380 g/mol. The SMILES string of the molecule is C=C(Nc1ccc(C)cn1)c1cc(Cl)ccc1NCC1CCN(C(C)CC)CC1. The summed E-state index contributed by atoms with van der Waals surface area (Å²) in [5.41, 5.74) is 3.96. The summed E-state index contributed by atoms with van der Waals surface area (Å²) in [6.07, 6.45) is 5.56. The molecule has 156 valence electrons.